The molecule has 0 aromatic heterocycles. The number of allylic oxidation sites excluding steroid dienone is 1. The molecular weight excluding hydrogens is 858 g/mol. The first-order valence-corrected chi connectivity index (χ1v) is 27.9. The van der Waals surface area contributed by atoms with Crippen molar-refractivity contribution in [3.8, 4) is 0 Å². The third kappa shape index (κ3) is 6.09. The summed E-state index contributed by atoms with van der Waals surface area (Å²) in [5, 5.41) is 0. The lowest BCUT2D eigenvalue weighted by Crippen LogP contribution is -2.62. The van der Waals surface area contributed by atoms with E-state index in [4.69, 9.17) is 0 Å². The Morgan fingerprint density at radius 2 is 0.944 bits per heavy atom. The molecule has 12 rings (SSSR count). The van der Waals surface area contributed by atoms with Gasteiger partial charge in [0.15, 0.2) is 0 Å². The average Bonchev–Trinajstić information content (AvgIpc) is 3.75. The Morgan fingerprint density at radius 1 is 0.437 bits per heavy atom. The third-order valence-electron chi connectivity index (χ3n) is 20.8. The van der Waals surface area contributed by atoms with Gasteiger partial charge in [0.05, 0.1) is 11.1 Å². The maximum absolute atomic E-state index is 2.99. The van der Waals surface area contributed by atoms with Crippen molar-refractivity contribution >= 4 is 57.5 Å². The number of rotatable bonds is 2. The van der Waals surface area contributed by atoms with Crippen LogP contribution in [0.3, 0.4) is 0 Å². The topological polar surface area (TPSA) is 9.72 Å². The molecule has 0 amide bonds. The number of benzene rings is 5. The lowest BCUT2D eigenvalue weighted by molar-refractivity contribution is 0.194. The highest BCUT2D eigenvalue weighted by molar-refractivity contribution is 6.96. The van der Waals surface area contributed by atoms with Gasteiger partial charge in [-0.3, -0.25) is 0 Å². The van der Waals surface area contributed by atoms with Crippen LogP contribution in [0.2, 0.25) is 0 Å². The maximum Gasteiger partial charge on any atom is 0.248 e. The number of anilines is 6. The quantitative estimate of drug-likeness (QED) is 0.163. The van der Waals surface area contributed by atoms with Crippen molar-refractivity contribution < 1.29 is 0 Å². The lowest BCUT2D eigenvalue weighted by Gasteiger charge is -2.54. The van der Waals surface area contributed by atoms with Gasteiger partial charge in [0.2, 0.25) is 6.71 Å². The Bertz CT molecular complexity index is 3140. The zero-order chi connectivity index (χ0) is 50.8. The van der Waals surface area contributed by atoms with E-state index in [1.165, 1.54) is 135 Å². The van der Waals surface area contributed by atoms with E-state index in [2.05, 4.69) is 224 Å². The van der Waals surface area contributed by atoms with Gasteiger partial charge in [-0.05, 0) is 147 Å². The first kappa shape index (κ1) is 47.3. The van der Waals surface area contributed by atoms with E-state index in [1.807, 2.05) is 0 Å². The zero-order valence-electron chi connectivity index (χ0n) is 47.2. The molecule has 5 aromatic rings. The summed E-state index contributed by atoms with van der Waals surface area (Å²) in [6.07, 6.45) is 9.84. The van der Waals surface area contributed by atoms with Gasteiger partial charge in [-0.2, -0.15) is 0 Å². The van der Waals surface area contributed by atoms with E-state index < -0.39 is 0 Å². The van der Waals surface area contributed by atoms with Gasteiger partial charge in [0, 0.05) is 61.6 Å². The fraction of sp³-hybridized carbons (Fsp3) is 0.522. The molecule has 370 valence electrons. The predicted molar refractivity (Wildman–Crippen MR) is 307 cm³/mol. The molecule has 0 saturated heterocycles. The molecule has 4 aliphatic heterocycles. The third-order valence-corrected chi connectivity index (χ3v) is 20.8. The smallest absolute Gasteiger partial charge is 0.248 e. The van der Waals surface area contributed by atoms with Crippen molar-refractivity contribution in [3.63, 3.8) is 0 Å². The second-order valence-electron chi connectivity index (χ2n) is 29.4. The van der Waals surface area contributed by atoms with Gasteiger partial charge >= 0.3 is 0 Å². The predicted octanol–water partition coefficient (Wildman–Crippen LogP) is 16.7. The second kappa shape index (κ2) is 14.3. The summed E-state index contributed by atoms with van der Waals surface area (Å²) in [6.45, 7) is 44.5. The van der Waals surface area contributed by atoms with Crippen LogP contribution in [0.4, 0.5) is 34.1 Å². The second-order valence-corrected chi connectivity index (χ2v) is 29.4. The van der Waals surface area contributed by atoms with Crippen LogP contribution < -0.4 is 25.6 Å². The summed E-state index contributed by atoms with van der Waals surface area (Å²) in [4.78, 5) is 8.68. The molecule has 0 spiro atoms. The SMILES string of the molecule is CC(C)(C)c1ccc(N2C3=C(B4c5cc(C(C)(C)C)cc6c5N(c5cc(N7c8ccc(C(C)(C)C)cc8C8(C)CCCCC78C)cc2c54)C2(C)CCCCC62C)C(C)(C)c2ccc(C(C)(C)C)cc23)cc1. The first-order chi connectivity index (χ1) is 33.0. The van der Waals surface area contributed by atoms with Crippen LogP contribution in [0.5, 0.6) is 0 Å². The van der Waals surface area contributed by atoms with E-state index in [9.17, 15) is 0 Å². The summed E-state index contributed by atoms with van der Waals surface area (Å²) in [6, 6.07) is 35.8. The highest BCUT2D eigenvalue weighted by Gasteiger charge is 2.64. The summed E-state index contributed by atoms with van der Waals surface area (Å²) < 4.78 is 0. The van der Waals surface area contributed by atoms with Crippen molar-refractivity contribution in [3.05, 3.63) is 135 Å². The highest BCUT2D eigenvalue weighted by atomic mass is 15.3. The van der Waals surface area contributed by atoms with E-state index in [-0.39, 0.29) is 55.7 Å². The Hall–Kier alpha value is -4.70. The molecule has 3 nitrogen and oxygen atoms in total. The minimum Gasteiger partial charge on any atom is -0.335 e. The summed E-state index contributed by atoms with van der Waals surface area (Å²) >= 11 is 0. The van der Waals surface area contributed by atoms with Crippen molar-refractivity contribution in [1.82, 2.24) is 0 Å². The summed E-state index contributed by atoms with van der Waals surface area (Å²) in [7, 11) is 0. The van der Waals surface area contributed by atoms with Crippen molar-refractivity contribution in [2.45, 2.75) is 225 Å². The van der Waals surface area contributed by atoms with Crippen molar-refractivity contribution in [1.29, 1.82) is 0 Å². The van der Waals surface area contributed by atoms with Gasteiger partial charge in [0.25, 0.3) is 0 Å². The van der Waals surface area contributed by atoms with Crippen LogP contribution >= 0.6 is 0 Å². The van der Waals surface area contributed by atoms with Gasteiger partial charge < -0.3 is 14.7 Å². The Balaban J connectivity index is 1.25. The molecule has 5 aromatic carbocycles. The van der Waals surface area contributed by atoms with E-state index in [0.717, 1.165) is 0 Å². The molecule has 4 heteroatoms. The van der Waals surface area contributed by atoms with Crippen LogP contribution in [0, 0.1) is 0 Å². The molecule has 4 unspecified atom stereocenters. The van der Waals surface area contributed by atoms with Gasteiger partial charge in [0.1, 0.15) is 0 Å². The molecule has 0 bridgehead atoms. The fourth-order valence-corrected chi connectivity index (χ4v) is 15.9. The standard InChI is InChI=1S/C67H84BN3/c1-59(2,3)41-23-27-45(28-24-41)69-53-39-46(70-52-30-26-43(61(7,8)9)36-49(52)64(15)31-19-21-33-66(64,70)17)40-54-55(53)68(58-56(69)47-35-42(60(4,5)6)25-29-48(47)63(58,13)14)51-38-44(62(10,11)12)37-50-57(51)71(54)67(18)34-22-20-32-65(50,67)16/h23-30,35-40H,19-22,31-34H2,1-18H3. The van der Waals surface area contributed by atoms with Gasteiger partial charge in [-0.15, -0.1) is 0 Å². The molecule has 0 N–H and O–H groups in total. The van der Waals surface area contributed by atoms with Crippen LogP contribution in [0.15, 0.2) is 90.4 Å². The van der Waals surface area contributed by atoms with Crippen LogP contribution in [-0.2, 0) is 37.9 Å². The number of hydrogen-bond acceptors (Lipinski definition) is 3. The molecule has 71 heavy (non-hydrogen) atoms. The Kier molecular flexibility index (Phi) is 9.55. The summed E-state index contributed by atoms with van der Waals surface area (Å²) in [5.74, 6) is 0. The Morgan fingerprint density at radius 3 is 1.55 bits per heavy atom. The molecule has 4 heterocycles. The van der Waals surface area contributed by atoms with Crippen molar-refractivity contribution in [2.24, 2.45) is 0 Å². The van der Waals surface area contributed by atoms with Crippen LogP contribution in [0.25, 0.3) is 5.70 Å². The molecule has 7 aliphatic rings. The molecular formula is C67H84BN3. The first-order valence-electron chi connectivity index (χ1n) is 27.9. The van der Waals surface area contributed by atoms with Gasteiger partial charge in [-0.25, -0.2) is 0 Å². The van der Waals surface area contributed by atoms with Gasteiger partial charge in [-0.1, -0.05) is 190 Å². The molecule has 0 radical (unpaired) electrons. The van der Waals surface area contributed by atoms with E-state index in [0.29, 0.717) is 0 Å². The minimum atomic E-state index is -0.231. The Labute approximate surface area is 430 Å². The zero-order valence-corrected chi connectivity index (χ0v) is 47.2. The average molecular weight is 942 g/mol. The molecule has 4 atom stereocenters. The normalized spacial score (nSPS) is 27.0. The summed E-state index contributed by atoms with van der Waals surface area (Å²) in [5.41, 5.74) is 25.7. The molecule has 3 aliphatic carbocycles. The molecule has 2 fully saturated rings. The van der Waals surface area contributed by atoms with Crippen LogP contribution in [0.1, 0.15) is 221 Å². The monoisotopic (exact) mass is 942 g/mol. The maximum atomic E-state index is 2.99. The minimum absolute atomic E-state index is 0.0000497. The fourth-order valence-electron chi connectivity index (χ4n) is 15.9. The lowest BCUT2D eigenvalue weighted by atomic mass is 9.30. The molecule has 2 saturated carbocycles. The van der Waals surface area contributed by atoms with E-state index >= 15 is 0 Å². The number of fused-ring (bicyclic) bond motifs is 11. The van der Waals surface area contributed by atoms with Crippen LogP contribution in [-0.4, -0.2) is 17.8 Å². The number of nitrogens with zero attached hydrogens (tertiary/aromatic N) is 3. The number of hydrogen-bond donors (Lipinski definition) is 0. The highest BCUT2D eigenvalue weighted by Crippen LogP contribution is 2.67. The van der Waals surface area contributed by atoms with Crippen molar-refractivity contribution in [2.75, 3.05) is 14.7 Å². The van der Waals surface area contributed by atoms with E-state index in [1.54, 1.807) is 16.6 Å². The largest absolute Gasteiger partial charge is 0.335 e.